The number of benzene rings is 2. The molecule has 2 aromatic carbocycles. The van der Waals surface area contributed by atoms with Crippen molar-refractivity contribution >= 4 is 28.1 Å². The fourth-order valence-electron chi connectivity index (χ4n) is 3.08. The second-order valence-corrected chi connectivity index (χ2v) is 6.03. The van der Waals surface area contributed by atoms with Crippen molar-refractivity contribution in [3.63, 3.8) is 0 Å². The molecule has 4 rings (SSSR count). The number of ether oxygens (including phenoxy) is 2. The van der Waals surface area contributed by atoms with Crippen LogP contribution in [0.15, 0.2) is 53.5 Å². The van der Waals surface area contributed by atoms with Crippen LogP contribution in [-0.4, -0.2) is 39.5 Å². The van der Waals surface area contributed by atoms with Crippen LogP contribution in [0.2, 0.25) is 0 Å². The molecule has 0 spiro atoms. The molecule has 9 heteroatoms. The van der Waals surface area contributed by atoms with Crippen LogP contribution in [0.3, 0.4) is 0 Å². The number of methoxy groups -OCH3 is 2. The Morgan fingerprint density at radius 3 is 2.68 bits per heavy atom. The molecule has 28 heavy (non-hydrogen) atoms. The number of hydrogen-bond acceptors (Lipinski definition) is 6. The van der Waals surface area contributed by atoms with Gasteiger partial charge in [0.2, 0.25) is 5.91 Å². The molecule has 1 N–H and O–H groups in total. The van der Waals surface area contributed by atoms with Gasteiger partial charge in [0.05, 0.1) is 31.3 Å². The van der Waals surface area contributed by atoms with Gasteiger partial charge in [0, 0.05) is 11.8 Å². The summed E-state index contributed by atoms with van der Waals surface area (Å²) in [6.07, 6.45) is 1.46. The Morgan fingerprint density at radius 2 is 1.89 bits per heavy atom. The van der Waals surface area contributed by atoms with Crippen molar-refractivity contribution < 1.29 is 14.3 Å². The van der Waals surface area contributed by atoms with Gasteiger partial charge >= 0.3 is 0 Å². The van der Waals surface area contributed by atoms with Crippen LogP contribution in [-0.2, 0) is 11.3 Å². The van der Waals surface area contributed by atoms with E-state index in [4.69, 9.17) is 9.47 Å². The standard InChI is InChI=1S/C19H17N5O4/c1-27-15-8-7-12(9-16(15)28-2)21-17(25)11-23-18-10-20-22-24(18)14-6-4-3-5-13(14)19(23)26/h3-10H,11H2,1-2H3,(H,21,25). The molecule has 0 saturated carbocycles. The number of para-hydroxylation sites is 1. The number of aromatic nitrogens is 4. The van der Waals surface area contributed by atoms with E-state index in [1.807, 2.05) is 6.07 Å². The van der Waals surface area contributed by atoms with Crippen LogP contribution in [0.5, 0.6) is 11.5 Å². The molecule has 4 aromatic rings. The topological polar surface area (TPSA) is 99.8 Å². The van der Waals surface area contributed by atoms with Crippen LogP contribution in [0, 0.1) is 0 Å². The number of carbonyl (C=O) groups excluding carboxylic acids is 1. The molecular weight excluding hydrogens is 362 g/mol. The summed E-state index contributed by atoms with van der Waals surface area (Å²) in [5.41, 5.74) is 1.31. The van der Waals surface area contributed by atoms with Gasteiger partial charge in [-0.1, -0.05) is 17.3 Å². The average molecular weight is 379 g/mol. The van der Waals surface area contributed by atoms with Crippen molar-refractivity contribution in [2.75, 3.05) is 19.5 Å². The summed E-state index contributed by atoms with van der Waals surface area (Å²) < 4.78 is 13.3. The molecule has 0 radical (unpaired) electrons. The Balaban J connectivity index is 1.68. The summed E-state index contributed by atoms with van der Waals surface area (Å²) in [5.74, 6) is 0.677. The van der Waals surface area contributed by atoms with E-state index in [9.17, 15) is 9.59 Å². The van der Waals surface area contributed by atoms with Crippen molar-refractivity contribution in [1.82, 2.24) is 19.4 Å². The molecule has 0 saturated heterocycles. The van der Waals surface area contributed by atoms with E-state index in [2.05, 4.69) is 15.6 Å². The minimum atomic E-state index is -0.368. The highest BCUT2D eigenvalue weighted by molar-refractivity contribution is 5.91. The molecule has 0 atom stereocenters. The predicted molar refractivity (Wildman–Crippen MR) is 103 cm³/mol. The molecule has 2 heterocycles. The Kier molecular flexibility index (Phi) is 4.40. The van der Waals surface area contributed by atoms with E-state index >= 15 is 0 Å². The van der Waals surface area contributed by atoms with Crippen molar-refractivity contribution in [2.45, 2.75) is 6.54 Å². The maximum atomic E-state index is 12.9. The highest BCUT2D eigenvalue weighted by atomic mass is 16.5. The number of hydrogen-bond donors (Lipinski definition) is 1. The van der Waals surface area contributed by atoms with Crippen LogP contribution in [0.4, 0.5) is 5.69 Å². The van der Waals surface area contributed by atoms with Crippen molar-refractivity contribution in [3.8, 4) is 11.5 Å². The molecule has 0 fully saturated rings. The zero-order valence-electron chi connectivity index (χ0n) is 15.2. The number of nitrogens with zero attached hydrogens (tertiary/aromatic N) is 4. The molecular formula is C19H17N5O4. The lowest BCUT2D eigenvalue weighted by Gasteiger charge is -2.12. The number of anilines is 1. The van der Waals surface area contributed by atoms with E-state index < -0.39 is 0 Å². The number of nitrogens with one attached hydrogen (secondary N) is 1. The number of amides is 1. The fraction of sp³-hybridized carbons (Fsp3) is 0.158. The van der Waals surface area contributed by atoms with Gasteiger partial charge in [0.15, 0.2) is 17.1 Å². The first-order valence-electron chi connectivity index (χ1n) is 8.46. The van der Waals surface area contributed by atoms with Gasteiger partial charge in [-0.2, -0.15) is 4.52 Å². The molecule has 0 aliphatic carbocycles. The largest absolute Gasteiger partial charge is 0.493 e. The van der Waals surface area contributed by atoms with E-state index in [0.29, 0.717) is 33.7 Å². The summed E-state index contributed by atoms with van der Waals surface area (Å²) in [6, 6.07) is 12.1. The summed E-state index contributed by atoms with van der Waals surface area (Å²) in [7, 11) is 3.05. The van der Waals surface area contributed by atoms with Crippen LogP contribution < -0.4 is 20.3 Å². The Morgan fingerprint density at radius 1 is 1.11 bits per heavy atom. The van der Waals surface area contributed by atoms with E-state index in [-0.39, 0.29) is 18.0 Å². The minimum Gasteiger partial charge on any atom is -0.493 e. The molecule has 0 unspecified atom stereocenters. The third-order valence-electron chi connectivity index (χ3n) is 4.38. The van der Waals surface area contributed by atoms with Crippen molar-refractivity contribution in [2.24, 2.45) is 0 Å². The smallest absolute Gasteiger partial charge is 0.262 e. The van der Waals surface area contributed by atoms with Gasteiger partial charge in [-0.05, 0) is 24.3 Å². The second-order valence-electron chi connectivity index (χ2n) is 6.03. The molecule has 9 nitrogen and oxygen atoms in total. The van der Waals surface area contributed by atoms with Gasteiger partial charge in [-0.25, -0.2) is 0 Å². The molecule has 142 valence electrons. The van der Waals surface area contributed by atoms with E-state index in [1.54, 1.807) is 40.9 Å². The number of fused-ring (bicyclic) bond motifs is 3. The van der Waals surface area contributed by atoms with Crippen LogP contribution in [0.25, 0.3) is 16.6 Å². The zero-order valence-corrected chi connectivity index (χ0v) is 15.2. The van der Waals surface area contributed by atoms with Gasteiger partial charge < -0.3 is 14.8 Å². The third kappa shape index (κ3) is 2.92. The highest BCUT2D eigenvalue weighted by Gasteiger charge is 2.15. The maximum absolute atomic E-state index is 12.9. The van der Waals surface area contributed by atoms with Gasteiger partial charge in [0.25, 0.3) is 5.56 Å². The van der Waals surface area contributed by atoms with Crippen molar-refractivity contribution in [1.29, 1.82) is 0 Å². The number of rotatable bonds is 5. The quantitative estimate of drug-likeness (QED) is 0.567. The molecule has 1 amide bonds. The summed E-state index contributed by atoms with van der Waals surface area (Å²) >= 11 is 0. The fourth-order valence-corrected chi connectivity index (χ4v) is 3.08. The Labute approximate surface area is 159 Å². The maximum Gasteiger partial charge on any atom is 0.262 e. The minimum absolute atomic E-state index is 0.186. The highest BCUT2D eigenvalue weighted by Crippen LogP contribution is 2.29. The van der Waals surface area contributed by atoms with Gasteiger partial charge in [0.1, 0.15) is 6.54 Å². The summed E-state index contributed by atoms with van der Waals surface area (Å²) in [6.45, 7) is -0.186. The van der Waals surface area contributed by atoms with Crippen LogP contribution in [0.1, 0.15) is 0 Å². The number of carbonyl (C=O) groups is 1. The first-order chi connectivity index (χ1) is 13.6. The lowest BCUT2D eigenvalue weighted by Crippen LogP contribution is -2.29. The SMILES string of the molecule is COc1ccc(NC(=O)Cn2c(=O)c3ccccc3n3nncc23)cc1OC. The third-order valence-corrected chi connectivity index (χ3v) is 4.38. The summed E-state index contributed by atoms with van der Waals surface area (Å²) in [4.78, 5) is 25.5. The summed E-state index contributed by atoms with van der Waals surface area (Å²) in [5, 5.41) is 11.1. The lowest BCUT2D eigenvalue weighted by molar-refractivity contribution is -0.116. The first-order valence-corrected chi connectivity index (χ1v) is 8.46. The average Bonchev–Trinajstić information content (AvgIpc) is 3.21. The Hall–Kier alpha value is -3.88. The van der Waals surface area contributed by atoms with E-state index in [0.717, 1.165) is 0 Å². The van der Waals surface area contributed by atoms with Crippen LogP contribution >= 0.6 is 0 Å². The lowest BCUT2D eigenvalue weighted by atomic mass is 10.2. The van der Waals surface area contributed by atoms with E-state index in [1.165, 1.54) is 25.0 Å². The van der Waals surface area contributed by atoms with Crippen molar-refractivity contribution in [3.05, 3.63) is 59.0 Å². The molecule has 2 aromatic heterocycles. The monoisotopic (exact) mass is 379 g/mol. The van der Waals surface area contributed by atoms with Gasteiger partial charge in [-0.15, -0.1) is 5.10 Å². The first kappa shape index (κ1) is 17.5. The normalized spacial score (nSPS) is 10.9. The Bertz CT molecular complexity index is 1240. The zero-order chi connectivity index (χ0) is 19.7. The molecule has 0 aliphatic rings. The molecule has 0 bridgehead atoms. The second kappa shape index (κ2) is 7.03. The van der Waals surface area contributed by atoms with Gasteiger partial charge in [-0.3, -0.25) is 14.2 Å². The predicted octanol–water partition coefficient (Wildman–Crippen LogP) is 1.70. The molecule has 0 aliphatic heterocycles.